The standard InChI is InChI=1S/C12H22N/c1-3-4-8-13-9-5-6-12(13)11(2)7-10-13/h12H,2-10H2,1H3/q+1. The molecular formula is C12H22N+. The number of fused-ring (bicyclic) bond motifs is 1. The molecule has 0 aromatic rings. The molecule has 1 nitrogen and oxygen atoms in total. The van der Waals surface area contributed by atoms with E-state index in [2.05, 4.69) is 13.5 Å². The second kappa shape index (κ2) is 3.45. The van der Waals surface area contributed by atoms with Crippen molar-refractivity contribution >= 4 is 0 Å². The van der Waals surface area contributed by atoms with Crippen LogP contribution in [0.15, 0.2) is 12.2 Å². The molecule has 0 amide bonds. The van der Waals surface area contributed by atoms with Crippen LogP contribution < -0.4 is 0 Å². The van der Waals surface area contributed by atoms with E-state index in [0.717, 1.165) is 6.04 Å². The lowest BCUT2D eigenvalue weighted by molar-refractivity contribution is -0.924. The van der Waals surface area contributed by atoms with Crippen molar-refractivity contribution in [2.24, 2.45) is 0 Å². The highest BCUT2D eigenvalue weighted by atomic mass is 15.4. The Hall–Kier alpha value is -0.300. The molecule has 2 atom stereocenters. The number of hydrogen-bond acceptors (Lipinski definition) is 0. The maximum Gasteiger partial charge on any atom is 0.111 e. The first-order valence-corrected chi connectivity index (χ1v) is 5.82. The van der Waals surface area contributed by atoms with Crippen LogP contribution in [0.2, 0.25) is 0 Å². The number of hydrogen-bond donors (Lipinski definition) is 0. The molecule has 0 aliphatic carbocycles. The Kier molecular flexibility index (Phi) is 2.46. The molecule has 0 spiro atoms. The molecule has 2 unspecified atom stereocenters. The third-order valence-corrected chi connectivity index (χ3v) is 4.05. The van der Waals surface area contributed by atoms with E-state index in [9.17, 15) is 0 Å². The van der Waals surface area contributed by atoms with E-state index in [4.69, 9.17) is 0 Å². The van der Waals surface area contributed by atoms with Crippen LogP contribution in [-0.4, -0.2) is 30.2 Å². The predicted molar refractivity (Wildman–Crippen MR) is 56.5 cm³/mol. The molecule has 2 aliphatic heterocycles. The van der Waals surface area contributed by atoms with Crippen molar-refractivity contribution in [1.29, 1.82) is 0 Å². The monoisotopic (exact) mass is 180 g/mol. The summed E-state index contributed by atoms with van der Waals surface area (Å²) in [5.74, 6) is 0. The zero-order valence-electron chi connectivity index (χ0n) is 8.89. The van der Waals surface area contributed by atoms with Crippen molar-refractivity contribution in [1.82, 2.24) is 0 Å². The molecular weight excluding hydrogens is 158 g/mol. The van der Waals surface area contributed by atoms with Crippen LogP contribution in [0.5, 0.6) is 0 Å². The van der Waals surface area contributed by atoms with E-state index in [0.29, 0.717) is 0 Å². The van der Waals surface area contributed by atoms with Gasteiger partial charge < -0.3 is 4.48 Å². The lowest BCUT2D eigenvalue weighted by Gasteiger charge is -2.34. The zero-order chi connectivity index (χ0) is 9.31. The summed E-state index contributed by atoms with van der Waals surface area (Å²) in [4.78, 5) is 0. The normalized spacial score (nSPS) is 38.2. The summed E-state index contributed by atoms with van der Waals surface area (Å²) in [6, 6.07) is 0.853. The van der Waals surface area contributed by atoms with Gasteiger partial charge in [0.25, 0.3) is 0 Å². The minimum atomic E-state index is 0.853. The van der Waals surface area contributed by atoms with E-state index in [1.54, 1.807) is 5.57 Å². The van der Waals surface area contributed by atoms with Crippen LogP contribution in [0.4, 0.5) is 0 Å². The van der Waals surface area contributed by atoms with Gasteiger partial charge in [-0.25, -0.2) is 0 Å². The maximum absolute atomic E-state index is 4.23. The number of nitrogens with zero attached hydrogens (tertiary/aromatic N) is 1. The number of rotatable bonds is 3. The number of unbranched alkanes of at least 4 members (excludes halogenated alkanes) is 1. The molecule has 0 bridgehead atoms. The molecule has 0 radical (unpaired) electrons. The minimum Gasteiger partial charge on any atom is -0.317 e. The first-order valence-electron chi connectivity index (χ1n) is 5.82. The zero-order valence-corrected chi connectivity index (χ0v) is 8.89. The topological polar surface area (TPSA) is 0 Å². The smallest absolute Gasteiger partial charge is 0.111 e. The fourth-order valence-corrected chi connectivity index (χ4v) is 3.27. The molecule has 2 heterocycles. The lowest BCUT2D eigenvalue weighted by atomic mass is 10.1. The van der Waals surface area contributed by atoms with Gasteiger partial charge in [0.1, 0.15) is 6.04 Å². The van der Waals surface area contributed by atoms with Crippen LogP contribution in [0.3, 0.4) is 0 Å². The largest absolute Gasteiger partial charge is 0.317 e. The van der Waals surface area contributed by atoms with E-state index >= 15 is 0 Å². The molecule has 1 heteroatoms. The minimum absolute atomic E-state index is 0.853. The first-order chi connectivity index (χ1) is 6.28. The molecule has 0 N–H and O–H groups in total. The fourth-order valence-electron chi connectivity index (χ4n) is 3.27. The van der Waals surface area contributed by atoms with Crippen LogP contribution in [0.1, 0.15) is 39.0 Å². The Morgan fingerprint density at radius 1 is 1.46 bits per heavy atom. The van der Waals surface area contributed by atoms with Gasteiger partial charge in [-0.1, -0.05) is 19.9 Å². The van der Waals surface area contributed by atoms with Gasteiger partial charge in [0.15, 0.2) is 0 Å². The summed E-state index contributed by atoms with van der Waals surface area (Å²) in [7, 11) is 0. The van der Waals surface area contributed by atoms with E-state index in [1.807, 2.05) is 0 Å². The van der Waals surface area contributed by atoms with Crippen molar-refractivity contribution in [2.45, 2.75) is 45.1 Å². The van der Waals surface area contributed by atoms with E-state index < -0.39 is 0 Å². The van der Waals surface area contributed by atoms with Gasteiger partial charge in [0, 0.05) is 19.3 Å². The summed E-state index contributed by atoms with van der Waals surface area (Å²) in [6.07, 6.45) is 6.91. The molecule has 0 saturated carbocycles. The highest BCUT2D eigenvalue weighted by Crippen LogP contribution is 2.39. The highest BCUT2D eigenvalue weighted by Gasteiger charge is 2.46. The van der Waals surface area contributed by atoms with Crippen LogP contribution >= 0.6 is 0 Å². The maximum atomic E-state index is 4.23. The van der Waals surface area contributed by atoms with Crippen molar-refractivity contribution in [2.75, 3.05) is 19.6 Å². The van der Waals surface area contributed by atoms with Gasteiger partial charge in [-0.2, -0.15) is 0 Å². The van der Waals surface area contributed by atoms with Gasteiger partial charge in [0.2, 0.25) is 0 Å². The van der Waals surface area contributed by atoms with E-state index in [-0.39, 0.29) is 0 Å². The van der Waals surface area contributed by atoms with Crippen molar-refractivity contribution in [3.05, 3.63) is 12.2 Å². The Morgan fingerprint density at radius 3 is 3.08 bits per heavy atom. The van der Waals surface area contributed by atoms with Crippen LogP contribution in [-0.2, 0) is 0 Å². The van der Waals surface area contributed by atoms with Crippen LogP contribution in [0.25, 0.3) is 0 Å². The first kappa shape index (κ1) is 9.26. The Balaban J connectivity index is 2.06. The molecule has 2 fully saturated rings. The summed E-state index contributed by atoms with van der Waals surface area (Å²) in [5.41, 5.74) is 1.55. The molecule has 0 aromatic heterocycles. The highest BCUT2D eigenvalue weighted by molar-refractivity contribution is 5.08. The molecule has 2 saturated heterocycles. The lowest BCUT2D eigenvalue weighted by Crippen LogP contribution is -2.48. The quantitative estimate of drug-likeness (QED) is 0.463. The average Bonchev–Trinajstić information content (AvgIpc) is 2.65. The second-order valence-electron chi connectivity index (χ2n) is 4.81. The van der Waals surface area contributed by atoms with Crippen molar-refractivity contribution < 1.29 is 4.48 Å². The Bertz CT molecular complexity index is 209. The van der Waals surface area contributed by atoms with E-state index in [1.165, 1.54) is 56.2 Å². The van der Waals surface area contributed by atoms with Crippen LogP contribution in [0, 0.1) is 0 Å². The Morgan fingerprint density at radius 2 is 2.31 bits per heavy atom. The molecule has 2 aliphatic rings. The van der Waals surface area contributed by atoms with Gasteiger partial charge in [0.05, 0.1) is 19.6 Å². The summed E-state index contributed by atoms with van der Waals surface area (Å²) in [5, 5.41) is 0. The van der Waals surface area contributed by atoms with Crippen molar-refractivity contribution in [3.63, 3.8) is 0 Å². The van der Waals surface area contributed by atoms with Gasteiger partial charge in [-0.05, 0) is 12.0 Å². The second-order valence-corrected chi connectivity index (χ2v) is 4.81. The number of quaternary nitrogens is 1. The third kappa shape index (κ3) is 1.43. The van der Waals surface area contributed by atoms with Gasteiger partial charge in [-0.3, -0.25) is 0 Å². The third-order valence-electron chi connectivity index (χ3n) is 4.05. The summed E-state index contributed by atoms with van der Waals surface area (Å²) in [6.45, 7) is 10.8. The average molecular weight is 180 g/mol. The SMILES string of the molecule is C=C1CC[N+]2(CCCC)CCCC12. The van der Waals surface area contributed by atoms with Gasteiger partial charge in [-0.15, -0.1) is 0 Å². The van der Waals surface area contributed by atoms with Gasteiger partial charge >= 0.3 is 0 Å². The molecule has 74 valence electrons. The summed E-state index contributed by atoms with van der Waals surface area (Å²) < 4.78 is 1.41. The molecule has 0 aromatic carbocycles. The summed E-state index contributed by atoms with van der Waals surface area (Å²) >= 11 is 0. The predicted octanol–water partition coefficient (Wildman–Crippen LogP) is 2.73. The Labute approximate surface area is 82.0 Å². The fraction of sp³-hybridized carbons (Fsp3) is 0.833. The molecule has 2 rings (SSSR count). The molecule has 13 heavy (non-hydrogen) atoms. The van der Waals surface area contributed by atoms with Crippen molar-refractivity contribution in [3.8, 4) is 0 Å².